The summed E-state index contributed by atoms with van der Waals surface area (Å²) in [5.74, 6) is 0.996. The average Bonchev–Trinajstić information content (AvgIpc) is 3.28. The molecule has 9 heteroatoms. The molecule has 4 rings (SSSR count). The van der Waals surface area contributed by atoms with Gasteiger partial charge in [-0.2, -0.15) is 0 Å². The highest BCUT2D eigenvalue weighted by molar-refractivity contribution is 8.27. The molecule has 1 aromatic heterocycles. The molecule has 0 aliphatic carbocycles. The monoisotopic (exact) mass is 537 g/mol. The van der Waals surface area contributed by atoms with Crippen LogP contribution in [-0.4, -0.2) is 32.8 Å². The molecular formula is C28H31N3O4S2. The van der Waals surface area contributed by atoms with Crippen LogP contribution in [0.2, 0.25) is 0 Å². The van der Waals surface area contributed by atoms with Crippen molar-refractivity contribution in [3.63, 3.8) is 0 Å². The number of anilines is 1. The molecule has 1 saturated heterocycles. The van der Waals surface area contributed by atoms with E-state index in [1.165, 1.54) is 16.7 Å². The predicted molar refractivity (Wildman–Crippen MR) is 154 cm³/mol. The molecule has 0 atom stereocenters. The number of thioether (sulfide) groups is 1. The minimum atomic E-state index is -0.320. The zero-order valence-electron chi connectivity index (χ0n) is 21.5. The van der Waals surface area contributed by atoms with Crippen LogP contribution in [0.25, 0.3) is 11.8 Å². The van der Waals surface area contributed by atoms with Crippen LogP contribution in [-0.2, 0) is 11.8 Å². The van der Waals surface area contributed by atoms with Crippen molar-refractivity contribution >= 4 is 46.0 Å². The standard InChI is InChI=1S/C28H31N3O4S2/c1-5-7-11-16-35-22-15-14-20(17-23(22)34-6-2)18-24-26(32)30(28(36)37-24)25-19(3)29(4)31(27(25)33)21-12-9-8-10-13-21/h8-10,12-15,17-18H,5-7,11,16H2,1-4H3/b24-18+. The highest BCUT2D eigenvalue weighted by Crippen LogP contribution is 2.37. The van der Waals surface area contributed by atoms with E-state index in [-0.39, 0.29) is 17.2 Å². The first-order valence-corrected chi connectivity index (χ1v) is 13.6. The summed E-state index contributed by atoms with van der Waals surface area (Å²) in [5, 5.41) is 0. The molecule has 0 saturated carbocycles. The number of aromatic nitrogens is 2. The molecule has 2 heterocycles. The van der Waals surface area contributed by atoms with E-state index in [4.69, 9.17) is 21.7 Å². The molecule has 3 aromatic rings. The van der Waals surface area contributed by atoms with Crippen molar-refractivity contribution in [2.75, 3.05) is 18.1 Å². The third kappa shape index (κ3) is 5.52. The molecule has 1 aliphatic rings. The van der Waals surface area contributed by atoms with Crippen molar-refractivity contribution in [2.24, 2.45) is 7.05 Å². The summed E-state index contributed by atoms with van der Waals surface area (Å²) >= 11 is 6.75. The Hall–Kier alpha value is -3.30. The van der Waals surface area contributed by atoms with Crippen LogP contribution in [0, 0.1) is 6.92 Å². The lowest BCUT2D eigenvalue weighted by Crippen LogP contribution is -2.33. The van der Waals surface area contributed by atoms with Crippen molar-refractivity contribution in [1.29, 1.82) is 0 Å². The molecule has 0 radical (unpaired) electrons. The van der Waals surface area contributed by atoms with Gasteiger partial charge in [0.15, 0.2) is 15.8 Å². The highest BCUT2D eigenvalue weighted by atomic mass is 32.2. The smallest absolute Gasteiger partial charge is 0.296 e. The largest absolute Gasteiger partial charge is 0.490 e. The first-order valence-electron chi connectivity index (χ1n) is 12.4. The van der Waals surface area contributed by atoms with Gasteiger partial charge in [0.1, 0.15) is 5.69 Å². The number of ether oxygens (including phenoxy) is 2. The van der Waals surface area contributed by atoms with E-state index in [0.717, 1.165) is 24.8 Å². The number of carbonyl (C=O) groups is 1. The Morgan fingerprint density at radius 2 is 1.76 bits per heavy atom. The number of unbranched alkanes of at least 4 members (excludes halogenated alkanes) is 2. The van der Waals surface area contributed by atoms with Crippen LogP contribution < -0.4 is 19.9 Å². The second-order valence-corrected chi connectivity index (χ2v) is 10.3. The molecule has 2 aromatic carbocycles. The highest BCUT2D eigenvalue weighted by Gasteiger charge is 2.37. The van der Waals surface area contributed by atoms with Gasteiger partial charge < -0.3 is 9.47 Å². The Labute approximate surface area is 226 Å². The lowest BCUT2D eigenvalue weighted by Gasteiger charge is -2.13. The number of amides is 1. The quantitative estimate of drug-likeness (QED) is 0.183. The number of hydrogen-bond acceptors (Lipinski definition) is 6. The zero-order valence-corrected chi connectivity index (χ0v) is 23.2. The van der Waals surface area contributed by atoms with Crippen molar-refractivity contribution in [3.8, 4) is 17.2 Å². The Balaban J connectivity index is 1.64. The van der Waals surface area contributed by atoms with Gasteiger partial charge in [-0.15, -0.1) is 0 Å². The third-order valence-corrected chi connectivity index (χ3v) is 7.41. The summed E-state index contributed by atoms with van der Waals surface area (Å²) in [7, 11) is 1.79. The van der Waals surface area contributed by atoms with Crippen LogP contribution in [0.1, 0.15) is 44.4 Å². The van der Waals surface area contributed by atoms with E-state index < -0.39 is 0 Å². The van der Waals surface area contributed by atoms with Crippen molar-refractivity contribution < 1.29 is 14.3 Å². The minimum absolute atomic E-state index is 0.267. The molecule has 37 heavy (non-hydrogen) atoms. The van der Waals surface area contributed by atoms with E-state index >= 15 is 0 Å². The lowest BCUT2D eigenvalue weighted by molar-refractivity contribution is -0.113. The normalized spacial score (nSPS) is 14.6. The van der Waals surface area contributed by atoms with E-state index in [2.05, 4.69) is 6.92 Å². The van der Waals surface area contributed by atoms with Gasteiger partial charge in [0, 0.05) is 7.05 Å². The molecule has 7 nitrogen and oxygen atoms in total. The Bertz CT molecular complexity index is 1390. The average molecular weight is 538 g/mol. The van der Waals surface area contributed by atoms with E-state index in [9.17, 15) is 9.59 Å². The maximum atomic E-state index is 13.5. The second kappa shape index (κ2) is 11.8. The topological polar surface area (TPSA) is 65.7 Å². The maximum Gasteiger partial charge on any atom is 0.296 e. The van der Waals surface area contributed by atoms with Crippen LogP contribution in [0.15, 0.2) is 58.2 Å². The SMILES string of the molecule is CCCCCOc1ccc(/C=C2/SC(=S)N(c3c(C)n(C)n(-c4ccccc4)c3=O)C2=O)cc1OCC. The molecule has 0 unspecified atom stereocenters. The van der Waals surface area contributed by atoms with Gasteiger partial charge in [0.2, 0.25) is 0 Å². The molecule has 1 amide bonds. The van der Waals surface area contributed by atoms with Crippen molar-refractivity contribution in [3.05, 3.63) is 75.0 Å². The Morgan fingerprint density at radius 3 is 2.46 bits per heavy atom. The molecule has 0 N–H and O–H groups in total. The number of hydrogen-bond donors (Lipinski definition) is 0. The van der Waals surface area contributed by atoms with Gasteiger partial charge >= 0.3 is 0 Å². The molecule has 0 spiro atoms. The van der Waals surface area contributed by atoms with Crippen LogP contribution in [0.3, 0.4) is 0 Å². The van der Waals surface area contributed by atoms with Gasteiger partial charge in [-0.1, -0.05) is 68.0 Å². The second-order valence-electron chi connectivity index (χ2n) is 8.62. The van der Waals surface area contributed by atoms with E-state index in [0.29, 0.717) is 45.3 Å². The molecule has 1 aliphatic heterocycles. The fourth-order valence-electron chi connectivity index (χ4n) is 4.16. The fraction of sp³-hybridized carbons (Fsp3) is 0.321. The molecule has 194 valence electrons. The Kier molecular flexibility index (Phi) is 8.56. The first-order chi connectivity index (χ1) is 17.9. The minimum Gasteiger partial charge on any atom is -0.490 e. The predicted octanol–water partition coefficient (Wildman–Crippen LogP) is 5.86. The van der Waals surface area contributed by atoms with Gasteiger partial charge in [0.25, 0.3) is 11.5 Å². The summed E-state index contributed by atoms with van der Waals surface area (Å²) in [5.41, 5.74) is 2.12. The molecular weight excluding hydrogens is 506 g/mol. The van der Waals surface area contributed by atoms with Gasteiger partial charge in [-0.25, -0.2) is 4.68 Å². The zero-order chi connectivity index (χ0) is 26.5. The molecule has 0 bridgehead atoms. The van der Waals surface area contributed by atoms with Gasteiger partial charge in [-0.3, -0.25) is 19.2 Å². The summed E-state index contributed by atoms with van der Waals surface area (Å²) < 4.78 is 15.3. The number of rotatable bonds is 10. The third-order valence-electron chi connectivity index (χ3n) is 6.11. The summed E-state index contributed by atoms with van der Waals surface area (Å²) in [4.78, 5) is 28.8. The summed E-state index contributed by atoms with van der Waals surface area (Å²) in [6.45, 7) is 7.01. The number of nitrogens with zero attached hydrogens (tertiary/aromatic N) is 3. The van der Waals surface area contributed by atoms with Crippen LogP contribution >= 0.6 is 24.0 Å². The maximum absolute atomic E-state index is 13.5. The number of benzene rings is 2. The van der Waals surface area contributed by atoms with Crippen molar-refractivity contribution in [1.82, 2.24) is 9.36 Å². The Morgan fingerprint density at radius 1 is 1.00 bits per heavy atom. The summed E-state index contributed by atoms with van der Waals surface area (Å²) in [6.07, 6.45) is 5.00. The summed E-state index contributed by atoms with van der Waals surface area (Å²) in [6, 6.07) is 14.9. The lowest BCUT2D eigenvalue weighted by atomic mass is 10.1. The van der Waals surface area contributed by atoms with E-state index in [1.807, 2.05) is 62.4 Å². The van der Waals surface area contributed by atoms with Gasteiger partial charge in [0.05, 0.1) is 29.5 Å². The number of carbonyl (C=O) groups excluding carboxylic acids is 1. The van der Waals surface area contributed by atoms with E-state index in [1.54, 1.807) is 22.5 Å². The number of para-hydroxylation sites is 1. The molecule has 1 fully saturated rings. The number of thiocarbonyl (C=S) groups is 1. The van der Waals surface area contributed by atoms with Crippen LogP contribution in [0.4, 0.5) is 5.69 Å². The first kappa shape index (κ1) is 26.8. The fourth-order valence-corrected chi connectivity index (χ4v) is 5.43. The van der Waals surface area contributed by atoms with Gasteiger partial charge in [-0.05, 0) is 56.2 Å². The van der Waals surface area contributed by atoms with Crippen molar-refractivity contribution in [2.45, 2.75) is 40.0 Å². The van der Waals surface area contributed by atoms with Crippen LogP contribution in [0.5, 0.6) is 11.5 Å².